The van der Waals surface area contributed by atoms with Gasteiger partial charge in [0.25, 0.3) is 5.69 Å². The highest BCUT2D eigenvalue weighted by molar-refractivity contribution is 5.90. The summed E-state index contributed by atoms with van der Waals surface area (Å²) < 4.78 is 0. The molecule has 4 bridgehead atoms. The fourth-order valence-corrected chi connectivity index (χ4v) is 5.98. The molecule has 24 heavy (non-hydrogen) atoms. The van der Waals surface area contributed by atoms with Crippen LogP contribution in [-0.2, 0) is 10.2 Å². The summed E-state index contributed by atoms with van der Waals surface area (Å²) in [7, 11) is 0. The van der Waals surface area contributed by atoms with Crippen LogP contribution in [0.15, 0.2) is 12.1 Å². The van der Waals surface area contributed by atoms with E-state index in [2.05, 4.69) is 5.32 Å². The molecular formula is C19H24N2O3. The lowest BCUT2D eigenvalue weighted by molar-refractivity contribution is -0.385. The van der Waals surface area contributed by atoms with Gasteiger partial charge in [-0.05, 0) is 80.2 Å². The van der Waals surface area contributed by atoms with Gasteiger partial charge in [0.1, 0.15) is 0 Å². The van der Waals surface area contributed by atoms with Crippen molar-refractivity contribution < 1.29 is 9.72 Å². The van der Waals surface area contributed by atoms with E-state index in [4.69, 9.17) is 0 Å². The summed E-state index contributed by atoms with van der Waals surface area (Å²) in [4.78, 5) is 22.7. The standard InChI is InChI=1S/C19H24N2O3/c1-11-17(20-12(2)22)6-16(7-18(11)21(23)24)19-8-13-3-14(9-19)5-15(4-13)10-19/h6-7,13-15H,3-5,8-10H2,1-2H3,(H,20,22). The Morgan fingerprint density at radius 1 is 1.17 bits per heavy atom. The van der Waals surface area contributed by atoms with Crippen molar-refractivity contribution >= 4 is 17.3 Å². The lowest BCUT2D eigenvalue weighted by Crippen LogP contribution is -2.48. The van der Waals surface area contributed by atoms with Gasteiger partial charge in [-0.25, -0.2) is 0 Å². The van der Waals surface area contributed by atoms with Crippen molar-refractivity contribution in [1.29, 1.82) is 0 Å². The van der Waals surface area contributed by atoms with E-state index in [-0.39, 0.29) is 21.9 Å². The molecule has 4 saturated carbocycles. The van der Waals surface area contributed by atoms with Gasteiger partial charge in [-0.1, -0.05) is 0 Å². The van der Waals surface area contributed by atoms with Crippen LogP contribution in [0.1, 0.15) is 56.6 Å². The molecular weight excluding hydrogens is 304 g/mol. The molecule has 0 unspecified atom stereocenters. The van der Waals surface area contributed by atoms with E-state index in [1.54, 1.807) is 13.0 Å². The predicted molar refractivity (Wildman–Crippen MR) is 92.0 cm³/mol. The number of nitro groups is 1. The first-order valence-electron chi connectivity index (χ1n) is 8.93. The molecule has 0 aromatic heterocycles. The Bertz CT molecular complexity index is 690. The van der Waals surface area contributed by atoms with E-state index in [1.165, 1.54) is 26.2 Å². The molecule has 0 heterocycles. The molecule has 4 aliphatic carbocycles. The van der Waals surface area contributed by atoms with Gasteiger partial charge < -0.3 is 5.32 Å². The van der Waals surface area contributed by atoms with Gasteiger partial charge in [-0.3, -0.25) is 14.9 Å². The SMILES string of the molecule is CC(=O)Nc1cc(C23CC4CC(CC(C4)C2)C3)cc([N+](=O)[O-])c1C. The first-order valence-corrected chi connectivity index (χ1v) is 8.93. The van der Waals surface area contributed by atoms with Crippen LogP contribution in [0, 0.1) is 34.8 Å². The van der Waals surface area contributed by atoms with Gasteiger partial charge in [0.2, 0.25) is 5.91 Å². The maximum Gasteiger partial charge on any atom is 0.274 e. The van der Waals surface area contributed by atoms with Gasteiger partial charge in [-0.15, -0.1) is 0 Å². The molecule has 1 amide bonds. The third-order valence-corrected chi connectivity index (χ3v) is 6.54. The fraction of sp³-hybridized carbons (Fsp3) is 0.632. The highest BCUT2D eigenvalue weighted by atomic mass is 16.6. The molecule has 5 heteroatoms. The quantitative estimate of drug-likeness (QED) is 0.663. The minimum absolute atomic E-state index is 0.0838. The Kier molecular flexibility index (Phi) is 3.44. The predicted octanol–water partition coefficient (Wildman–Crippen LogP) is 4.33. The van der Waals surface area contributed by atoms with Crippen LogP contribution in [0.2, 0.25) is 0 Å². The van der Waals surface area contributed by atoms with Crippen LogP contribution in [0.4, 0.5) is 11.4 Å². The maximum absolute atomic E-state index is 11.5. The molecule has 0 aliphatic heterocycles. The average Bonchev–Trinajstić information content (AvgIpc) is 2.47. The van der Waals surface area contributed by atoms with E-state index < -0.39 is 0 Å². The number of rotatable bonds is 3. The van der Waals surface area contributed by atoms with E-state index in [9.17, 15) is 14.9 Å². The van der Waals surface area contributed by atoms with Crippen LogP contribution in [-0.4, -0.2) is 10.8 Å². The van der Waals surface area contributed by atoms with Gasteiger partial charge in [0, 0.05) is 13.0 Å². The lowest BCUT2D eigenvalue weighted by atomic mass is 9.48. The van der Waals surface area contributed by atoms with E-state index in [0.717, 1.165) is 42.6 Å². The number of nitro benzene ring substituents is 1. The number of anilines is 1. The average molecular weight is 328 g/mol. The molecule has 5 nitrogen and oxygen atoms in total. The second-order valence-electron chi connectivity index (χ2n) is 8.30. The molecule has 0 spiro atoms. The van der Waals surface area contributed by atoms with Crippen molar-refractivity contribution in [3.05, 3.63) is 33.4 Å². The zero-order valence-corrected chi connectivity index (χ0v) is 14.3. The molecule has 1 aromatic carbocycles. The van der Waals surface area contributed by atoms with Gasteiger partial charge in [0.05, 0.1) is 16.2 Å². The largest absolute Gasteiger partial charge is 0.326 e. The number of carbonyl (C=O) groups excluding carboxylic acids is 1. The molecule has 4 fully saturated rings. The summed E-state index contributed by atoms with van der Waals surface area (Å²) in [6, 6.07) is 3.80. The zero-order valence-electron chi connectivity index (χ0n) is 14.3. The monoisotopic (exact) mass is 328 g/mol. The summed E-state index contributed by atoms with van der Waals surface area (Å²) in [6.45, 7) is 3.16. The van der Waals surface area contributed by atoms with Gasteiger partial charge in [-0.2, -0.15) is 0 Å². The number of benzene rings is 1. The molecule has 5 rings (SSSR count). The van der Waals surface area contributed by atoms with Gasteiger partial charge in [0.15, 0.2) is 0 Å². The number of nitrogens with zero attached hydrogens (tertiary/aromatic N) is 1. The number of hydrogen-bond donors (Lipinski definition) is 1. The van der Waals surface area contributed by atoms with E-state index in [0.29, 0.717) is 11.3 Å². The molecule has 4 aliphatic rings. The Morgan fingerprint density at radius 3 is 2.17 bits per heavy atom. The molecule has 0 radical (unpaired) electrons. The maximum atomic E-state index is 11.5. The van der Waals surface area contributed by atoms with Crippen molar-refractivity contribution in [3.8, 4) is 0 Å². The van der Waals surface area contributed by atoms with Crippen LogP contribution in [0.5, 0.6) is 0 Å². The van der Waals surface area contributed by atoms with Crippen LogP contribution in [0.3, 0.4) is 0 Å². The molecule has 0 saturated heterocycles. The molecule has 0 atom stereocenters. The fourth-order valence-electron chi connectivity index (χ4n) is 5.98. The minimum Gasteiger partial charge on any atom is -0.326 e. The highest BCUT2D eigenvalue weighted by Crippen LogP contribution is 2.61. The Balaban J connectivity index is 1.81. The van der Waals surface area contributed by atoms with Crippen LogP contribution in [0.25, 0.3) is 0 Å². The third-order valence-electron chi connectivity index (χ3n) is 6.54. The molecule has 128 valence electrons. The summed E-state index contributed by atoms with van der Waals surface area (Å²) in [5, 5.41) is 14.3. The lowest BCUT2D eigenvalue weighted by Gasteiger charge is -2.57. The normalized spacial score (nSPS) is 33.5. The summed E-state index contributed by atoms with van der Waals surface area (Å²) in [5.41, 5.74) is 2.43. The Hall–Kier alpha value is -1.91. The number of amides is 1. The van der Waals surface area contributed by atoms with Gasteiger partial charge >= 0.3 is 0 Å². The Morgan fingerprint density at radius 2 is 1.71 bits per heavy atom. The summed E-state index contributed by atoms with van der Waals surface area (Å²) in [5.74, 6) is 2.15. The number of carbonyl (C=O) groups is 1. The van der Waals surface area contributed by atoms with E-state index in [1.807, 2.05) is 6.07 Å². The zero-order chi connectivity index (χ0) is 17.1. The van der Waals surface area contributed by atoms with Crippen molar-refractivity contribution in [2.24, 2.45) is 17.8 Å². The van der Waals surface area contributed by atoms with Crippen molar-refractivity contribution in [3.63, 3.8) is 0 Å². The van der Waals surface area contributed by atoms with E-state index >= 15 is 0 Å². The minimum atomic E-state index is -0.315. The summed E-state index contributed by atoms with van der Waals surface area (Å²) >= 11 is 0. The second kappa shape index (κ2) is 5.30. The third kappa shape index (κ3) is 2.41. The van der Waals surface area contributed by atoms with Crippen molar-refractivity contribution in [1.82, 2.24) is 0 Å². The summed E-state index contributed by atoms with van der Waals surface area (Å²) in [6.07, 6.45) is 7.47. The van der Waals surface area contributed by atoms with Crippen LogP contribution >= 0.6 is 0 Å². The molecule has 1 N–H and O–H groups in total. The first-order chi connectivity index (χ1) is 11.4. The van der Waals surface area contributed by atoms with Crippen LogP contribution < -0.4 is 5.32 Å². The molecule has 1 aromatic rings. The Labute approximate surface area is 142 Å². The smallest absolute Gasteiger partial charge is 0.274 e. The number of nitrogens with one attached hydrogen (secondary N) is 1. The highest BCUT2D eigenvalue weighted by Gasteiger charge is 2.52. The second-order valence-corrected chi connectivity index (χ2v) is 8.30. The number of hydrogen-bond acceptors (Lipinski definition) is 3. The van der Waals surface area contributed by atoms with Crippen molar-refractivity contribution in [2.45, 2.75) is 57.8 Å². The first kappa shape index (κ1) is 15.6. The topological polar surface area (TPSA) is 72.2 Å². The van der Waals surface area contributed by atoms with Crippen molar-refractivity contribution in [2.75, 3.05) is 5.32 Å².